The van der Waals surface area contributed by atoms with Crippen LogP contribution in [0.1, 0.15) is 5.82 Å². The van der Waals surface area contributed by atoms with E-state index >= 15 is 0 Å². The number of aromatic nitrogens is 4. The lowest BCUT2D eigenvalue weighted by Crippen LogP contribution is -2.10. The van der Waals surface area contributed by atoms with Crippen LogP contribution in [0, 0.1) is 0 Å². The summed E-state index contributed by atoms with van der Waals surface area (Å²) in [6, 6.07) is 0. The second-order valence-corrected chi connectivity index (χ2v) is 5.86. The van der Waals surface area contributed by atoms with Crippen LogP contribution in [0.15, 0.2) is 4.79 Å². The fourth-order valence-electron chi connectivity index (χ4n) is 1.54. The van der Waals surface area contributed by atoms with Crippen LogP contribution in [-0.2, 0) is 15.7 Å². The van der Waals surface area contributed by atoms with E-state index < -0.39 is 13.2 Å². The minimum Gasteiger partial charge on any atom is -0.380 e. The van der Waals surface area contributed by atoms with Gasteiger partial charge in [-0.15, -0.1) is 0 Å². The molecule has 0 unspecified atom stereocenters. The molecule has 0 aromatic carbocycles. The Labute approximate surface area is 112 Å². The molecule has 2 aromatic rings. The fourth-order valence-corrected chi connectivity index (χ4v) is 1.91. The summed E-state index contributed by atoms with van der Waals surface area (Å²) in [6.45, 7) is 0.170. The quantitative estimate of drug-likeness (QED) is 0.333. The van der Waals surface area contributed by atoms with Crippen LogP contribution in [0.25, 0.3) is 11.2 Å². The molecular weight excluding hydrogens is 289 g/mol. The zero-order chi connectivity index (χ0) is 14.8. The van der Waals surface area contributed by atoms with Crippen LogP contribution in [0.3, 0.4) is 0 Å². The predicted molar refractivity (Wildman–Crippen MR) is 70.4 cm³/mol. The molecule has 110 valence electrons. The number of nitrogens with two attached hydrogens (primary N) is 1. The molecule has 0 aliphatic rings. The molecule has 0 radical (unpaired) electrons. The summed E-state index contributed by atoms with van der Waals surface area (Å²) in [5, 5.41) is 0. The van der Waals surface area contributed by atoms with Crippen LogP contribution < -0.4 is 11.3 Å². The maximum atomic E-state index is 11.5. The largest absolute Gasteiger partial charge is 0.380 e. The van der Waals surface area contributed by atoms with Gasteiger partial charge in [0.15, 0.2) is 11.2 Å². The summed E-state index contributed by atoms with van der Waals surface area (Å²) >= 11 is 0. The van der Waals surface area contributed by atoms with Gasteiger partial charge in [0.05, 0.1) is 19.4 Å². The molecular formula is C9H14N5O5P. The number of nitrogens with zero attached hydrogens (tertiary/aromatic N) is 2. The summed E-state index contributed by atoms with van der Waals surface area (Å²) in [7, 11) is -4.03. The maximum absolute atomic E-state index is 11.5. The van der Waals surface area contributed by atoms with E-state index in [-0.39, 0.29) is 36.5 Å². The number of aromatic amines is 2. The first-order valence-electron chi connectivity index (χ1n) is 5.72. The molecule has 20 heavy (non-hydrogen) atoms. The van der Waals surface area contributed by atoms with Gasteiger partial charge in [-0.25, -0.2) is 4.98 Å². The molecule has 0 aliphatic heterocycles. The van der Waals surface area contributed by atoms with Gasteiger partial charge in [0.1, 0.15) is 5.82 Å². The van der Waals surface area contributed by atoms with E-state index in [4.69, 9.17) is 20.3 Å². The van der Waals surface area contributed by atoms with Crippen molar-refractivity contribution in [3.8, 4) is 0 Å². The lowest BCUT2D eigenvalue weighted by molar-refractivity contribution is 0.147. The second-order valence-electron chi connectivity index (χ2n) is 4.08. The Morgan fingerprint density at radius 1 is 1.25 bits per heavy atom. The highest BCUT2D eigenvalue weighted by atomic mass is 31.2. The number of hydrogen-bond donors (Lipinski definition) is 5. The summed E-state index contributed by atoms with van der Waals surface area (Å²) in [6.07, 6.45) is 0.0295. The SMILES string of the molecule is Nc1nc2nc(CCOCCP(=O)(O)O)[nH]c2c(=O)[nH]1. The Balaban J connectivity index is 1.93. The van der Waals surface area contributed by atoms with E-state index in [1.807, 2.05) is 0 Å². The fraction of sp³-hybridized carbons (Fsp3) is 0.444. The Kier molecular flexibility index (Phi) is 4.19. The maximum Gasteiger partial charge on any atom is 0.327 e. The average molecular weight is 303 g/mol. The number of hydrogen-bond acceptors (Lipinski definition) is 6. The molecule has 10 nitrogen and oxygen atoms in total. The molecule has 2 rings (SSSR count). The molecule has 0 saturated heterocycles. The van der Waals surface area contributed by atoms with Crippen LogP contribution >= 0.6 is 7.60 Å². The number of imidazole rings is 1. The van der Waals surface area contributed by atoms with Crippen molar-refractivity contribution >= 4 is 24.7 Å². The van der Waals surface area contributed by atoms with E-state index in [0.29, 0.717) is 12.2 Å². The molecule has 2 heterocycles. The van der Waals surface area contributed by atoms with Crippen molar-refractivity contribution in [3.05, 3.63) is 16.2 Å². The van der Waals surface area contributed by atoms with E-state index in [2.05, 4.69) is 19.9 Å². The van der Waals surface area contributed by atoms with E-state index in [9.17, 15) is 9.36 Å². The van der Waals surface area contributed by atoms with E-state index in [0.717, 1.165) is 0 Å². The van der Waals surface area contributed by atoms with Crippen LogP contribution in [0.5, 0.6) is 0 Å². The Bertz CT molecular complexity index is 704. The molecule has 0 aliphatic carbocycles. The minimum atomic E-state index is -4.03. The number of nitrogen functional groups attached to an aromatic ring is 1. The standard InChI is InChI=1S/C9H14N5O5P/c10-9-13-7-6(8(15)14-9)11-5(12-7)1-2-19-3-4-20(16,17)18/h1-4H2,(H2,16,17,18)(H4,10,11,12,13,14,15). The number of rotatable bonds is 6. The topological polar surface area (TPSA) is 167 Å². The summed E-state index contributed by atoms with van der Waals surface area (Å²) in [5.74, 6) is 0.471. The smallest absolute Gasteiger partial charge is 0.327 e. The monoisotopic (exact) mass is 303 g/mol. The molecule has 0 fully saturated rings. The highest BCUT2D eigenvalue weighted by Crippen LogP contribution is 2.33. The summed E-state index contributed by atoms with van der Waals surface area (Å²) < 4.78 is 15.7. The first-order valence-corrected chi connectivity index (χ1v) is 7.51. The van der Waals surface area contributed by atoms with Crippen molar-refractivity contribution in [2.45, 2.75) is 6.42 Å². The van der Waals surface area contributed by atoms with Crippen molar-refractivity contribution in [2.24, 2.45) is 0 Å². The number of fused-ring (bicyclic) bond motifs is 1. The van der Waals surface area contributed by atoms with Crippen molar-refractivity contribution < 1.29 is 19.1 Å². The Morgan fingerprint density at radius 3 is 2.70 bits per heavy atom. The molecule has 2 aromatic heterocycles. The van der Waals surface area contributed by atoms with Crippen LogP contribution in [0.4, 0.5) is 5.95 Å². The van der Waals surface area contributed by atoms with Gasteiger partial charge in [0, 0.05) is 6.42 Å². The van der Waals surface area contributed by atoms with Gasteiger partial charge in [-0.2, -0.15) is 4.98 Å². The van der Waals surface area contributed by atoms with Crippen LogP contribution in [-0.4, -0.2) is 49.1 Å². The summed E-state index contributed by atoms with van der Waals surface area (Å²) in [5.41, 5.74) is 5.43. The number of nitrogens with one attached hydrogen (secondary N) is 2. The first-order chi connectivity index (χ1) is 9.35. The lowest BCUT2D eigenvalue weighted by atomic mass is 10.4. The van der Waals surface area contributed by atoms with Gasteiger partial charge >= 0.3 is 7.60 Å². The highest BCUT2D eigenvalue weighted by molar-refractivity contribution is 7.51. The number of H-pyrrole nitrogens is 2. The number of anilines is 1. The van der Waals surface area contributed by atoms with E-state index in [1.165, 1.54) is 0 Å². The number of ether oxygens (including phenoxy) is 1. The Hall–Kier alpha value is -1.74. The molecule has 6 N–H and O–H groups in total. The summed E-state index contributed by atoms with van der Waals surface area (Å²) in [4.78, 5) is 41.9. The molecule has 0 saturated carbocycles. The first kappa shape index (κ1) is 14.7. The predicted octanol–water partition coefficient (Wildman–Crippen LogP) is -1.03. The molecule has 0 atom stereocenters. The van der Waals surface area contributed by atoms with E-state index in [1.54, 1.807) is 0 Å². The molecule has 11 heteroatoms. The van der Waals surface area contributed by atoms with Gasteiger partial charge in [0.2, 0.25) is 5.95 Å². The highest BCUT2D eigenvalue weighted by Gasteiger charge is 2.12. The average Bonchev–Trinajstić information content (AvgIpc) is 2.70. The minimum absolute atomic E-state index is 0.0153. The second kappa shape index (κ2) is 5.71. The van der Waals surface area contributed by atoms with Crippen molar-refractivity contribution in [1.82, 2.24) is 19.9 Å². The normalized spacial score (nSPS) is 12.1. The zero-order valence-corrected chi connectivity index (χ0v) is 11.3. The van der Waals surface area contributed by atoms with Gasteiger partial charge in [-0.3, -0.25) is 14.3 Å². The van der Waals surface area contributed by atoms with Crippen molar-refractivity contribution in [1.29, 1.82) is 0 Å². The van der Waals surface area contributed by atoms with Gasteiger partial charge in [-0.05, 0) is 0 Å². The van der Waals surface area contributed by atoms with Gasteiger partial charge in [0.25, 0.3) is 5.56 Å². The molecule has 0 amide bonds. The Morgan fingerprint density at radius 2 is 2.00 bits per heavy atom. The third-order valence-electron chi connectivity index (χ3n) is 2.44. The van der Waals surface area contributed by atoms with Crippen molar-refractivity contribution in [3.63, 3.8) is 0 Å². The van der Waals surface area contributed by atoms with Gasteiger partial charge < -0.3 is 25.2 Å². The van der Waals surface area contributed by atoms with Crippen molar-refractivity contribution in [2.75, 3.05) is 25.1 Å². The van der Waals surface area contributed by atoms with Crippen LogP contribution in [0.2, 0.25) is 0 Å². The third kappa shape index (κ3) is 3.87. The lowest BCUT2D eigenvalue weighted by Gasteiger charge is -2.04. The molecule has 0 spiro atoms. The third-order valence-corrected chi connectivity index (χ3v) is 3.20. The molecule has 0 bridgehead atoms. The zero-order valence-electron chi connectivity index (χ0n) is 10.4. The van der Waals surface area contributed by atoms with Gasteiger partial charge in [-0.1, -0.05) is 0 Å².